The number of fused-ring (bicyclic) bond motifs is 1. The van der Waals surface area contributed by atoms with Gasteiger partial charge in [-0.3, -0.25) is 9.59 Å². The van der Waals surface area contributed by atoms with Crippen molar-refractivity contribution in [1.29, 1.82) is 0 Å². The monoisotopic (exact) mass is 378 g/mol. The zero-order valence-corrected chi connectivity index (χ0v) is 14.9. The highest BCUT2D eigenvalue weighted by Crippen LogP contribution is 2.19. The number of carbonyl (C=O) groups excluding carboxylic acids is 1. The summed E-state index contributed by atoms with van der Waals surface area (Å²) in [7, 11) is 0. The first-order valence-electron chi connectivity index (χ1n) is 8.29. The van der Waals surface area contributed by atoms with Crippen LogP contribution in [0.3, 0.4) is 0 Å². The Morgan fingerprint density at radius 2 is 1.89 bits per heavy atom. The van der Waals surface area contributed by atoms with Crippen LogP contribution in [-0.2, 0) is 11.3 Å². The summed E-state index contributed by atoms with van der Waals surface area (Å²) in [5.74, 6) is -0.326. The fourth-order valence-electron chi connectivity index (χ4n) is 2.80. The van der Waals surface area contributed by atoms with Crippen molar-refractivity contribution in [2.75, 3.05) is 5.32 Å². The Balaban J connectivity index is 1.54. The number of H-pyrrole nitrogens is 1. The molecule has 134 valence electrons. The number of anilines is 1. The first-order chi connectivity index (χ1) is 13.1. The van der Waals surface area contributed by atoms with E-state index >= 15 is 0 Å². The lowest BCUT2D eigenvalue weighted by Crippen LogP contribution is -2.29. The van der Waals surface area contributed by atoms with Gasteiger partial charge in [0, 0.05) is 39.4 Å². The molecule has 0 fully saturated rings. The van der Waals surface area contributed by atoms with Crippen LogP contribution >= 0.6 is 11.6 Å². The molecule has 0 aliphatic carbocycles. The van der Waals surface area contributed by atoms with E-state index < -0.39 is 0 Å². The molecule has 0 radical (unpaired) electrons. The molecule has 0 aliphatic rings. The summed E-state index contributed by atoms with van der Waals surface area (Å²) in [6.07, 6.45) is 1.84. The van der Waals surface area contributed by atoms with Crippen molar-refractivity contribution in [2.45, 2.75) is 6.54 Å². The van der Waals surface area contributed by atoms with Crippen molar-refractivity contribution < 1.29 is 4.79 Å². The predicted octanol–water partition coefficient (Wildman–Crippen LogP) is 3.68. The Bertz CT molecular complexity index is 1180. The van der Waals surface area contributed by atoms with Crippen molar-refractivity contribution >= 4 is 34.1 Å². The van der Waals surface area contributed by atoms with Crippen molar-refractivity contribution in [2.24, 2.45) is 0 Å². The van der Waals surface area contributed by atoms with Crippen LogP contribution in [0, 0.1) is 0 Å². The van der Waals surface area contributed by atoms with E-state index in [-0.39, 0.29) is 18.0 Å². The molecule has 0 saturated heterocycles. The van der Waals surface area contributed by atoms with Gasteiger partial charge in [-0.2, -0.15) is 5.10 Å². The Morgan fingerprint density at radius 1 is 1.07 bits per heavy atom. The minimum atomic E-state index is -0.344. The second kappa shape index (κ2) is 7.09. The highest BCUT2D eigenvalue weighted by molar-refractivity contribution is 6.30. The standard InChI is InChI=1S/C20H15ClN4O2/c21-15-3-1-13(2-4-15)18-7-8-20(27)25(24-18)12-19(26)23-16-5-6-17-14(11-16)9-10-22-17/h1-11,22H,12H2,(H,23,26). The number of amides is 1. The number of rotatable bonds is 4. The van der Waals surface area contributed by atoms with Gasteiger partial charge in [0.15, 0.2) is 0 Å². The van der Waals surface area contributed by atoms with Crippen LogP contribution in [0.15, 0.2) is 71.7 Å². The van der Waals surface area contributed by atoms with Gasteiger partial charge in [-0.15, -0.1) is 0 Å². The van der Waals surface area contributed by atoms with Gasteiger partial charge in [0.05, 0.1) is 5.69 Å². The average molecular weight is 379 g/mol. The lowest BCUT2D eigenvalue weighted by atomic mass is 10.1. The van der Waals surface area contributed by atoms with E-state index in [0.717, 1.165) is 21.1 Å². The highest BCUT2D eigenvalue weighted by Gasteiger charge is 2.09. The quantitative estimate of drug-likeness (QED) is 0.568. The maximum absolute atomic E-state index is 12.4. The van der Waals surface area contributed by atoms with E-state index in [9.17, 15) is 9.59 Å². The van der Waals surface area contributed by atoms with Gasteiger partial charge in [-0.25, -0.2) is 4.68 Å². The lowest BCUT2D eigenvalue weighted by molar-refractivity contribution is -0.117. The maximum atomic E-state index is 12.4. The normalized spacial score (nSPS) is 10.9. The Hall–Kier alpha value is -3.38. The SMILES string of the molecule is O=C(Cn1nc(-c2ccc(Cl)cc2)ccc1=O)Nc1ccc2[nH]ccc2c1. The molecule has 2 N–H and O–H groups in total. The molecule has 0 spiro atoms. The molecular weight excluding hydrogens is 364 g/mol. The second-order valence-corrected chi connectivity index (χ2v) is 6.49. The van der Waals surface area contributed by atoms with Crippen molar-refractivity contribution in [3.8, 4) is 11.3 Å². The average Bonchev–Trinajstić information content (AvgIpc) is 3.12. The third-order valence-corrected chi connectivity index (χ3v) is 4.39. The van der Waals surface area contributed by atoms with Crippen LogP contribution < -0.4 is 10.9 Å². The Kier molecular flexibility index (Phi) is 4.48. The molecule has 6 nitrogen and oxygen atoms in total. The lowest BCUT2D eigenvalue weighted by Gasteiger charge is -2.08. The molecule has 2 heterocycles. The van der Waals surface area contributed by atoms with Crippen LogP contribution in [0.2, 0.25) is 5.02 Å². The minimum Gasteiger partial charge on any atom is -0.361 e. The minimum absolute atomic E-state index is 0.175. The van der Waals surface area contributed by atoms with Crippen molar-refractivity contribution in [3.63, 3.8) is 0 Å². The maximum Gasteiger partial charge on any atom is 0.267 e. The molecule has 7 heteroatoms. The Morgan fingerprint density at radius 3 is 2.70 bits per heavy atom. The summed E-state index contributed by atoms with van der Waals surface area (Å²) in [5.41, 5.74) is 2.71. The molecule has 4 aromatic rings. The van der Waals surface area contributed by atoms with E-state index in [4.69, 9.17) is 11.6 Å². The van der Waals surface area contributed by atoms with Crippen molar-refractivity contribution in [3.05, 3.63) is 82.2 Å². The molecule has 0 bridgehead atoms. The number of benzene rings is 2. The number of carbonyl (C=O) groups is 1. The van der Waals surface area contributed by atoms with E-state index in [1.807, 2.05) is 36.5 Å². The number of halogens is 1. The Labute approximate surface area is 159 Å². The molecule has 27 heavy (non-hydrogen) atoms. The summed E-state index contributed by atoms with van der Waals surface area (Å²) in [6.45, 7) is -0.175. The molecule has 0 unspecified atom stereocenters. The zero-order chi connectivity index (χ0) is 18.8. The fraction of sp³-hybridized carbons (Fsp3) is 0.0500. The van der Waals surface area contributed by atoms with Crippen LogP contribution in [0.5, 0.6) is 0 Å². The van der Waals surface area contributed by atoms with Crippen LogP contribution in [0.1, 0.15) is 0 Å². The van der Waals surface area contributed by atoms with Gasteiger partial charge in [-0.05, 0) is 42.5 Å². The van der Waals surface area contributed by atoms with E-state index in [1.54, 1.807) is 24.3 Å². The van der Waals surface area contributed by atoms with Gasteiger partial charge < -0.3 is 10.3 Å². The summed E-state index contributed by atoms with van der Waals surface area (Å²) in [5, 5.41) is 8.70. The topological polar surface area (TPSA) is 79.8 Å². The van der Waals surface area contributed by atoms with Crippen molar-refractivity contribution in [1.82, 2.24) is 14.8 Å². The third-order valence-electron chi connectivity index (χ3n) is 4.14. The molecule has 0 saturated carbocycles. The van der Waals surface area contributed by atoms with Crippen LogP contribution in [0.25, 0.3) is 22.2 Å². The van der Waals surface area contributed by atoms with Gasteiger partial charge in [0.2, 0.25) is 5.91 Å². The first-order valence-corrected chi connectivity index (χ1v) is 8.67. The molecule has 4 rings (SSSR count). The number of hydrogen-bond acceptors (Lipinski definition) is 3. The summed E-state index contributed by atoms with van der Waals surface area (Å²) in [4.78, 5) is 27.5. The first kappa shape index (κ1) is 17.1. The van der Waals surface area contributed by atoms with Crippen LogP contribution in [0.4, 0.5) is 5.69 Å². The van der Waals surface area contributed by atoms with Gasteiger partial charge >= 0.3 is 0 Å². The number of aromatic nitrogens is 3. The van der Waals surface area contributed by atoms with Crippen LogP contribution in [-0.4, -0.2) is 20.7 Å². The number of nitrogens with one attached hydrogen (secondary N) is 2. The number of hydrogen-bond donors (Lipinski definition) is 2. The molecule has 0 aliphatic heterocycles. The van der Waals surface area contributed by atoms with E-state index in [0.29, 0.717) is 16.4 Å². The predicted molar refractivity (Wildman–Crippen MR) is 106 cm³/mol. The van der Waals surface area contributed by atoms with Gasteiger partial charge in [0.1, 0.15) is 6.54 Å². The van der Waals surface area contributed by atoms with E-state index in [2.05, 4.69) is 15.4 Å². The molecule has 2 aromatic heterocycles. The summed E-state index contributed by atoms with van der Waals surface area (Å²) < 4.78 is 1.15. The molecule has 1 amide bonds. The number of aromatic amines is 1. The molecule has 0 atom stereocenters. The highest BCUT2D eigenvalue weighted by atomic mass is 35.5. The summed E-state index contributed by atoms with van der Waals surface area (Å²) in [6, 6.07) is 17.6. The number of nitrogens with zero attached hydrogens (tertiary/aromatic N) is 2. The molecular formula is C20H15ClN4O2. The third kappa shape index (κ3) is 3.75. The second-order valence-electron chi connectivity index (χ2n) is 6.05. The van der Waals surface area contributed by atoms with Gasteiger partial charge in [0.25, 0.3) is 5.56 Å². The molecule has 2 aromatic carbocycles. The fourth-order valence-corrected chi connectivity index (χ4v) is 2.93. The van der Waals surface area contributed by atoms with Gasteiger partial charge in [-0.1, -0.05) is 23.7 Å². The summed E-state index contributed by atoms with van der Waals surface area (Å²) >= 11 is 5.90. The smallest absolute Gasteiger partial charge is 0.267 e. The zero-order valence-electron chi connectivity index (χ0n) is 14.1. The largest absolute Gasteiger partial charge is 0.361 e. The van der Waals surface area contributed by atoms with E-state index in [1.165, 1.54) is 6.07 Å².